The first-order chi connectivity index (χ1) is 11.0. The van der Waals surface area contributed by atoms with Gasteiger partial charge in [-0.3, -0.25) is 9.59 Å². The molecule has 6 heteroatoms. The Morgan fingerprint density at radius 3 is 2.74 bits per heavy atom. The highest BCUT2D eigenvalue weighted by molar-refractivity contribution is 5.83. The van der Waals surface area contributed by atoms with Gasteiger partial charge in [0.2, 0.25) is 0 Å². The highest BCUT2D eigenvalue weighted by Gasteiger charge is 2.63. The largest absolute Gasteiger partial charge is 0.458 e. The summed E-state index contributed by atoms with van der Waals surface area (Å²) < 4.78 is 16.0. The van der Waals surface area contributed by atoms with Crippen LogP contribution in [0.5, 0.6) is 0 Å². The fourth-order valence-electron chi connectivity index (χ4n) is 4.93. The van der Waals surface area contributed by atoms with E-state index in [9.17, 15) is 14.4 Å². The van der Waals surface area contributed by atoms with E-state index in [0.29, 0.717) is 5.92 Å². The molecule has 23 heavy (non-hydrogen) atoms. The van der Waals surface area contributed by atoms with E-state index in [4.69, 9.17) is 14.2 Å². The molecule has 6 nitrogen and oxygen atoms in total. The lowest BCUT2D eigenvalue weighted by Crippen LogP contribution is -2.37. The Bertz CT molecular complexity index is 567. The third-order valence-electron chi connectivity index (χ3n) is 6.49. The van der Waals surface area contributed by atoms with Crippen molar-refractivity contribution in [1.29, 1.82) is 0 Å². The first-order valence-electron chi connectivity index (χ1n) is 8.53. The SMILES string of the molecule is CCC1(C(=O)OCC(=O)OC2C3CC4C(=O)OC2C4C3)CC1C. The van der Waals surface area contributed by atoms with Crippen LogP contribution >= 0.6 is 0 Å². The minimum Gasteiger partial charge on any atom is -0.458 e. The van der Waals surface area contributed by atoms with Crippen LogP contribution in [0.4, 0.5) is 0 Å². The first kappa shape index (κ1) is 15.0. The molecule has 4 fully saturated rings. The molecule has 0 spiro atoms. The Labute approximate surface area is 134 Å². The van der Waals surface area contributed by atoms with Crippen LogP contribution in [0.3, 0.4) is 0 Å². The zero-order valence-electron chi connectivity index (χ0n) is 13.4. The molecule has 3 saturated carbocycles. The number of esters is 3. The van der Waals surface area contributed by atoms with Gasteiger partial charge in [-0.15, -0.1) is 0 Å². The Hall–Kier alpha value is -1.59. The molecule has 0 amide bonds. The van der Waals surface area contributed by atoms with Crippen molar-refractivity contribution in [1.82, 2.24) is 0 Å². The average Bonchev–Trinajstić information content (AvgIpc) is 2.82. The number of rotatable bonds is 5. The van der Waals surface area contributed by atoms with Crippen molar-refractivity contribution in [3.8, 4) is 0 Å². The van der Waals surface area contributed by atoms with Crippen molar-refractivity contribution < 1.29 is 28.6 Å². The van der Waals surface area contributed by atoms with Crippen molar-refractivity contribution >= 4 is 17.9 Å². The summed E-state index contributed by atoms with van der Waals surface area (Å²) in [7, 11) is 0. The molecular weight excluding hydrogens is 300 g/mol. The van der Waals surface area contributed by atoms with E-state index in [-0.39, 0.29) is 48.5 Å². The third-order valence-corrected chi connectivity index (χ3v) is 6.49. The molecule has 3 aliphatic carbocycles. The molecule has 7 atom stereocenters. The number of ether oxygens (including phenoxy) is 3. The molecule has 0 N–H and O–H groups in total. The van der Waals surface area contributed by atoms with E-state index in [1.807, 2.05) is 13.8 Å². The minimum atomic E-state index is -0.546. The van der Waals surface area contributed by atoms with E-state index in [1.54, 1.807) is 0 Å². The Balaban J connectivity index is 1.30. The lowest BCUT2D eigenvalue weighted by Gasteiger charge is -2.25. The van der Waals surface area contributed by atoms with E-state index >= 15 is 0 Å². The molecule has 126 valence electrons. The second-order valence-corrected chi connectivity index (χ2v) is 7.55. The number of hydrogen-bond acceptors (Lipinski definition) is 6. The molecule has 1 heterocycles. The van der Waals surface area contributed by atoms with Crippen LogP contribution in [0.25, 0.3) is 0 Å². The molecule has 1 saturated heterocycles. The molecule has 7 unspecified atom stereocenters. The van der Waals surface area contributed by atoms with E-state index in [2.05, 4.69) is 0 Å². The van der Waals surface area contributed by atoms with Crippen LogP contribution in [0.1, 0.15) is 39.5 Å². The highest BCUT2D eigenvalue weighted by atomic mass is 16.6. The highest BCUT2D eigenvalue weighted by Crippen LogP contribution is 2.56. The van der Waals surface area contributed by atoms with Crippen LogP contribution < -0.4 is 0 Å². The van der Waals surface area contributed by atoms with Gasteiger partial charge in [0.15, 0.2) is 6.61 Å². The van der Waals surface area contributed by atoms with Crippen molar-refractivity contribution in [3.63, 3.8) is 0 Å². The van der Waals surface area contributed by atoms with Crippen molar-refractivity contribution in [3.05, 3.63) is 0 Å². The molecule has 0 aromatic rings. The summed E-state index contributed by atoms with van der Waals surface area (Å²) in [6.45, 7) is 3.62. The lowest BCUT2D eigenvalue weighted by molar-refractivity contribution is -0.171. The number of carbonyl (C=O) groups excluding carboxylic acids is 3. The average molecular weight is 322 g/mol. The Morgan fingerprint density at radius 2 is 2.09 bits per heavy atom. The van der Waals surface area contributed by atoms with Crippen molar-refractivity contribution in [2.75, 3.05) is 6.61 Å². The van der Waals surface area contributed by atoms with Crippen LogP contribution in [-0.2, 0) is 28.6 Å². The predicted octanol–water partition coefficient (Wildman–Crippen LogP) is 1.46. The quantitative estimate of drug-likeness (QED) is 0.563. The van der Waals surface area contributed by atoms with Gasteiger partial charge in [-0.25, -0.2) is 4.79 Å². The summed E-state index contributed by atoms with van der Waals surface area (Å²) in [5.41, 5.74) is -0.402. The molecule has 1 aliphatic heterocycles. The molecule has 0 radical (unpaired) electrons. The standard InChI is InChI=1S/C17H22O6/c1-3-17(6-8(17)2)16(20)21-7-12(18)22-13-9-4-10-11(5-9)15(19)23-14(10)13/h8-11,13-14H,3-7H2,1-2H3. The summed E-state index contributed by atoms with van der Waals surface area (Å²) in [6.07, 6.45) is 2.52. The summed E-state index contributed by atoms with van der Waals surface area (Å²) in [5, 5.41) is 0. The summed E-state index contributed by atoms with van der Waals surface area (Å²) >= 11 is 0. The molecule has 4 rings (SSSR count). The van der Waals surface area contributed by atoms with Gasteiger partial charge in [0, 0.05) is 11.8 Å². The van der Waals surface area contributed by atoms with Gasteiger partial charge < -0.3 is 14.2 Å². The second-order valence-electron chi connectivity index (χ2n) is 7.55. The maximum absolute atomic E-state index is 12.1. The summed E-state index contributed by atoms with van der Waals surface area (Å²) in [4.78, 5) is 35.8. The predicted molar refractivity (Wildman–Crippen MR) is 76.9 cm³/mol. The monoisotopic (exact) mass is 322 g/mol. The maximum Gasteiger partial charge on any atom is 0.344 e. The Kier molecular flexibility index (Phi) is 3.22. The maximum atomic E-state index is 12.1. The summed E-state index contributed by atoms with van der Waals surface area (Å²) in [5.74, 6) is -0.287. The minimum absolute atomic E-state index is 0.00135. The van der Waals surface area contributed by atoms with Crippen LogP contribution in [-0.4, -0.2) is 36.7 Å². The molecule has 4 aliphatic rings. The number of hydrogen-bond donors (Lipinski definition) is 0. The smallest absolute Gasteiger partial charge is 0.344 e. The molecular formula is C17H22O6. The Morgan fingerprint density at radius 1 is 1.35 bits per heavy atom. The van der Waals surface area contributed by atoms with Gasteiger partial charge in [-0.2, -0.15) is 0 Å². The normalized spacial score (nSPS) is 45.7. The van der Waals surface area contributed by atoms with Crippen molar-refractivity contribution in [2.24, 2.45) is 29.1 Å². The molecule has 2 bridgehead atoms. The zero-order valence-corrected chi connectivity index (χ0v) is 13.4. The second kappa shape index (κ2) is 4.95. The zero-order chi connectivity index (χ0) is 16.4. The summed E-state index contributed by atoms with van der Waals surface area (Å²) in [6, 6.07) is 0. The van der Waals surface area contributed by atoms with E-state index in [1.165, 1.54) is 0 Å². The number of fused-ring (bicyclic) bond motifs is 1. The number of carbonyl (C=O) groups is 3. The molecule has 0 aromatic heterocycles. The van der Waals surface area contributed by atoms with Crippen LogP contribution in [0.2, 0.25) is 0 Å². The van der Waals surface area contributed by atoms with E-state index < -0.39 is 11.4 Å². The topological polar surface area (TPSA) is 78.9 Å². The molecule has 0 aromatic carbocycles. The van der Waals surface area contributed by atoms with Gasteiger partial charge >= 0.3 is 17.9 Å². The van der Waals surface area contributed by atoms with Crippen LogP contribution in [0, 0.1) is 29.1 Å². The van der Waals surface area contributed by atoms with Gasteiger partial charge in [0.05, 0.1) is 11.3 Å². The van der Waals surface area contributed by atoms with Gasteiger partial charge in [0.25, 0.3) is 0 Å². The first-order valence-corrected chi connectivity index (χ1v) is 8.53. The van der Waals surface area contributed by atoms with Gasteiger partial charge in [0.1, 0.15) is 12.2 Å². The van der Waals surface area contributed by atoms with Crippen LogP contribution in [0.15, 0.2) is 0 Å². The van der Waals surface area contributed by atoms with E-state index in [0.717, 1.165) is 25.7 Å². The van der Waals surface area contributed by atoms with Crippen molar-refractivity contribution in [2.45, 2.75) is 51.7 Å². The van der Waals surface area contributed by atoms with Gasteiger partial charge in [-0.05, 0) is 31.6 Å². The lowest BCUT2D eigenvalue weighted by atomic mass is 9.88. The third kappa shape index (κ3) is 2.10. The fraction of sp³-hybridized carbons (Fsp3) is 0.824. The fourth-order valence-corrected chi connectivity index (χ4v) is 4.93. The van der Waals surface area contributed by atoms with Gasteiger partial charge in [-0.1, -0.05) is 13.8 Å².